The molecule has 0 radical (unpaired) electrons. The summed E-state index contributed by atoms with van der Waals surface area (Å²) in [5.41, 5.74) is 3.61. The van der Waals surface area contributed by atoms with E-state index < -0.39 is 0 Å². The Morgan fingerprint density at radius 3 is 2.61 bits per heavy atom. The molecule has 1 aromatic heterocycles. The van der Waals surface area contributed by atoms with Crippen molar-refractivity contribution >= 4 is 22.1 Å². The number of rotatable bonds is 2. The van der Waals surface area contributed by atoms with E-state index in [0.29, 0.717) is 0 Å². The average Bonchev–Trinajstić information content (AvgIpc) is 2.87. The van der Waals surface area contributed by atoms with Crippen LogP contribution in [0.1, 0.15) is 17.5 Å². The SMILES string of the molecule is CCc1nc(-c2ccc3cc(C)ccc3c2)cs1. The van der Waals surface area contributed by atoms with Crippen LogP contribution in [0.25, 0.3) is 22.0 Å². The highest BCUT2D eigenvalue weighted by Crippen LogP contribution is 2.26. The van der Waals surface area contributed by atoms with E-state index in [1.165, 1.54) is 26.9 Å². The summed E-state index contributed by atoms with van der Waals surface area (Å²) in [6.07, 6.45) is 1.01. The third-order valence-corrected chi connectivity index (χ3v) is 4.14. The van der Waals surface area contributed by atoms with Crippen LogP contribution in [0.2, 0.25) is 0 Å². The van der Waals surface area contributed by atoms with Crippen molar-refractivity contribution in [3.8, 4) is 11.3 Å². The normalized spacial score (nSPS) is 11.0. The minimum absolute atomic E-state index is 1.01. The standard InChI is InChI=1S/C16H15NS/c1-3-16-17-15(10-18-16)14-7-6-12-8-11(2)4-5-13(12)9-14/h4-10H,3H2,1-2H3. The van der Waals surface area contributed by atoms with Crippen LogP contribution < -0.4 is 0 Å². The number of thiazole rings is 1. The largest absolute Gasteiger partial charge is 0.241 e. The van der Waals surface area contributed by atoms with Gasteiger partial charge in [-0.15, -0.1) is 11.3 Å². The molecule has 0 atom stereocenters. The van der Waals surface area contributed by atoms with Gasteiger partial charge in [0.15, 0.2) is 0 Å². The number of hydrogen-bond acceptors (Lipinski definition) is 2. The fourth-order valence-electron chi connectivity index (χ4n) is 2.13. The van der Waals surface area contributed by atoms with Crippen molar-refractivity contribution in [1.29, 1.82) is 0 Å². The number of benzene rings is 2. The molecule has 0 aliphatic carbocycles. The highest BCUT2D eigenvalue weighted by Gasteiger charge is 2.04. The average molecular weight is 253 g/mol. The molecule has 0 bridgehead atoms. The van der Waals surface area contributed by atoms with Gasteiger partial charge in [-0.2, -0.15) is 0 Å². The van der Waals surface area contributed by atoms with Gasteiger partial charge in [0.25, 0.3) is 0 Å². The van der Waals surface area contributed by atoms with Gasteiger partial charge in [-0.3, -0.25) is 0 Å². The second-order valence-electron chi connectivity index (χ2n) is 4.55. The van der Waals surface area contributed by atoms with Crippen molar-refractivity contribution in [2.24, 2.45) is 0 Å². The van der Waals surface area contributed by atoms with Gasteiger partial charge in [-0.25, -0.2) is 4.98 Å². The summed E-state index contributed by atoms with van der Waals surface area (Å²) in [5, 5.41) is 5.93. The molecule has 1 nitrogen and oxygen atoms in total. The lowest BCUT2D eigenvalue weighted by molar-refractivity contribution is 1.10. The van der Waals surface area contributed by atoms with Crippen LogP contribution in [0, 0.1) is 6.92 Å². The molecule has 3 rings (SSSR count). The first-order valence-corrected chi connectivity index (χ1v) is 7.09. The Kier molecular flexibility index (Phi) is 2.88. The van der Waals surface area contributed by atoms with Crippen molar-refractivity contribution in [2.75, 3.05) is 0 Å². The highest BCUT2D eigenvalue weighted by molar-refractivity contribution is 7.09. The minimum atomic E-state index is 1.01. The molecule has 0 aliphatic heterocycles. The van der Waals surface area contributed by atoms with Gasteiger partial charge >= 0.3 is 0 Å². The van der Waals surface area contributed by atoms with Crippen LogP contribution in [0.15, 0.2) is 41.8 Å². The molecule has 2 aromatic carbocycles. The smallest absolute Gasteiger partial charge is 0.0929 e. The zero-order valence-corrected chi connectivity index (χ0v) is 11.4. The molecular weight excluding hydrogens is 238 g/mol. The molecule has 18 heavy (non-hydrogen) atoms. The van der Waals surface area contributed by atoms with E-state index in [1.807, 2.05) is 0 Å². The number of aromatic nitrogens is 1. The zero-order chi connectivity index (χ0) is 12.5. The Morgan fingerprint density at radius 2 is 1.83 bits per heavy atom. The van der Waals surface area contributed by atoms with Gasteiger partial charge < -0.3 is 0 Å². The third-order valence-electron chi connectivity index (χ3n) is 3.15. The fourth-order valence-corrected chi connectivity index (χ4v) is 2.88. The lowest BCUT2D eigenvalue weighted by atomic mass is 10.0. The second-order valence-corrected chi connectivity index (χ2v) is 5.49. The predicted molar refractivity (Wildman–Crippen MR) is 79.2 cm³/mol. The summed E-state index contributed by atoms with van der Waals surface area (Å²) in [5.74, 6) is 0. The number of hydrogen-bond donors (Lipinski definition) is 0. The van der Waals surface area contributed by atoms with Crippen LogP contribution in [-0.2, 0) is 6.42 Å². The number of aryl methyl sites for hydroxylation is 2. The predicted octanol–water partition coefficient (Wildman–Crippen LogP) is 4.83. The van der Waals surface area contributed by atoms with Gasteiger partial charge in [0.2, 0.25) is 0 Å². The molecule has 0 amide bonds. The summed E-state index contributed by atoms with van der Waals surface area (Å²) in [4.78, 5) is 4.64. The van der Waals surface area contributed by atoms with Crippen molar-refractivity contribution in [3.05, 3.63) is 52.3 Å². The molecule has 0 unspecified atom stereocenters. The van der Waals surface area contributed by atoms with Crippen molar-refractivity contribution in [2.45, 2.75) is 20.3 Å². The van der Waals surface area contributed by atoms with Crippen molar-refractivity contribution in [3.63, 3.8) is 0 Å². The van der Waals surface area contributed by atoms with Gasteiger partial charge in [-0.1, -0.05) is 42.8 Å². The summed E-state index contributed by atoms with van der Waals surface area (Å²) in [7, 11) is 0. The molecule has 1 heterocycles. The molecule has 0 saturated heterocycles. The van der Waals surface area contributed by atoms with Crippen LogP contribution in [0.3, 0.4) is 0 Å². The Bertz CT molecular complexity index is 697. The van der Waals surface area contributed by atoms with Crippen molar-refractivity contribution in [1.82, 2.24) is 4.98 Å². The quantitative estimate of drug-likeness (QED) is 0.637. The maximum atomic E-state index is 4.64. The maximum Gasteiger partial charge on any atom is 0.0929 e. The van der Waals surface area contributed by atoms with E-state index in [1.54, 1.807) is 11.3 Å². The highest BCUT2D eigenvalue weighted by atomic mass is 32.1. The molecule has 90 valence electrons. The summed E-state index contributed by atoms with van der Waals surface area (Å²) >= 11 is 1.74. The first kappa shape index (κ1) is 11.4. The number of fused-ring (bicyclic) bond motifs is 1. The van der Waals surface area contributed by atoms with E-state index in [-0.39, 0.29) is 0 Å². The van der Waals surface area contributed by atoms with Crippen LogP contribution in [0.5, 0.6) is 0 Å². The minimum Gasteiger partial charge on any atom is -0.241 e. The van der Waals surface area contributed by atoms with Crippen molar-refractivity contribution < 1.29 is 0 Å². The Morgan fingerprint density at radius 1 is 1.06 bits per heavy atom. The Hall–Kier alpha value is -1.67. The monoisotopic (exact) mass is 253 g/mol. The summed E-state index contributed by atoms with van der Waals surface area (Å²) in [6, 6.07) is 13.1. The fraction of sp³-hybridized carbons (Fsp3) is 0.188. The van der Waals surface area contributed by atoms with Gasteiger partial charge in [0, 0.05) is 10.9 Å². The molecular formula is C16H15NS. The molecule has 0 saturated carbocycles. The molecule has 0 spiro atoms. The molecule has 0 fully saturated rings. The molecule has 3 aromatic rings. The first-order valence-electron chi connectivity index (χ1n) is 6.21. The van der Waals surface area contributed by atoms with Gasteiger partial charge in [0.1, 0.15) is 0 Å². The molecule has 0 N–H and O–H groups in total. The second kappa shape index (κ2) is 4.54. The van der Waals surface area contributed by atoms with Crippen LogP contribution >= 0.6 is 11.3 Å². The van der Waals surface area contributed by atoms with E-state index >= 15 is 0 Å². The Balaban J connectivity index is 2.10. The van der Waals surface area contributed by atoms with E-state index in [2.05, 4.69) is 60.6 Å². The topological polar surface area (TPSA) is 12.9 Å². The van der Waals surface area contributed by atoms with Gasteiger partial charge in [-0.05, 0) is 30.2 Å². The third kappa shape index (κ3) is 2.04. The summed E-state index contributed by atoms with van der Waals surface area (Å²) in [6.45, 7) is 4.27. The lowest BCUT2D eigenvalue weighted by Crippen LogP contribution is -1.82. The Labute approximate surface area is 111 Å². The van der Waals surface area contributed by atoms with E-state index in [0.717, 1.165) is 12.1 Å². The summed E-state index contributed by atoms with van der Waals surface area (Å²) < 4.78 is 0. The van der Waals surface area contributed by atoms with Crippen LogP contribution in [-0.4, -0.2) is 4.98 Å². The maximum absolute atomic E-state index is 4.64. The molecule has 0 aliphatic rings. The number of nitrogens with zero attached hydrogens (tertiary/aromatic N) is 1. The van der Waals surface area contributed by atoms with Crippen LogP contribution in [0.4, 0.5) is 0 Å². The molecule has 2 heteroatoms. The first-order chi connectivity index (χ1) is 8.76. The van der Waals surface area contributed by atoms with E-state index in [9.17, 15) is 0 Å². The van der Waals surface area contributed by atoms with E-state index in [4.69, 9.17) is 0 Å². The zero-order valence-electron chi connectivity index (χ0n) is 10.6. The lowest BCUT2D eigenvalue weighted by Gasteiger charge is -2.02. The van der Waals surface area contributed by atoms with Gasteiger partial charge in [0.05, 0.1) is 10.7 Å².